The van der Waals surface area contributed by atoms with Gasteiger partial charge in [0.05, 0.1) is 11.7 Å². The number of tetrazole rings is 1. The first-order chi connectivity index (χ1) is 11.1. The van der Waals surface area contributed by atoms with Crippen molar-refractivity contribution < 1.29 is 4.79 Å². The summed E-state index contributed by atoms with van der Waals surface area (Å²) in [6.45, 7) is 1.95. The molecule has 0 spiro atoms. The van der Waals surface area contributed by atoms with Gasteiger partial charge in [0.25, 0.3) is 5.91 Å². The van der Waals surface area contributed by atoms with E-state index in [0.29, 0.717) is 5.56 Å². The maximum absolute atomic E-state index is 12.3. The maximum atomic E-state index is 12.3. The van der Waals surface area contributed by atoms with Crippen molar-refractivity contribution in [2.75, 3.05) is 0 Å². The summed E-state index contributed by atoms with van der Waals surface area (Å²) in [6.07, 6.45) is 1.50. The number of hydrogen-bond acceptors (Lipinski definition) is 4. The molecular weight excluding hydrogens is 358 g/mol. The highest BCUT2D eigenvalue weighted by atomic mass is 79.9. The van der Waals surface area contributed by atoms with Gasteiger partial charge in [0.1, 0.15) is 6.33 Å². The quantitative estimate of drug-likeness (QED) is 0.765. The summed E-state index contributed by atoms with van der Waals surface area (Å²) in [5.74, 6) is -0.122. The van der Waals surface area contributed by atoms with Gasteiger partial charge >= 0.3 is 0 Å². The van der Waals surface area contributed by atoms with Crippen LogP contribution in [0.4, 0.5) is 0 Å². The zero-order valence-corrected chi connectivity index (χ0v) is 13.9. The number of nitrogens with one attached hydrogen (secondary N) is 1. The molecule has 0 saturated heterocycles. The summed E-state index contributed by atoms with van der Waals surface area (Å²) < 4.78 is 2.55. The number of hydrogen-bond donors (Lipinski definition) is 1. The SMILES string of the molecule is CC(NC(=O)c1ccc(-n2cnnn2)cc1)c1ccc(Br)cc1. The molecule has 1 N–H and O–H groups in total. The zero-order valence-electron chi connectivity index (χ0n) is 12.3. The molecule has 3 rings (SSSR count). The van der Waals surface area contributed by atoms with Crippen molar-refractivity contribution in [3.63, 3.8) is 0 Å². The van der Waals surface area contributed by atoms with E-state index in [-0.39, 0.29) is 11.9 Å². The van der Waals surface area contributed by atoms with E-state index >= 15 is 0 Å². The number of benzene rings is 2. The van der Waals surface area contributed by atoms with E-state index in [1.165, 1.54) is 11.0 Å². The highest BCUT2D eigenvalue weighted by Gasteiger charge is 2.11. The summed E-state index contributed by atoms with van der Waals surface area (Å²) in [7, 11) is 0. The fourth-order valence-corrected chi connectivity index (χ4v) is 2.42. The molecule has 1 aromatic heterocycles. The molecule has 1 heterocycles. The lowest BCUT2D eigenvalue weighted by Gasteiger charge is -2.14. The van der Waals surface area contributed by atoms with E-state index in [1.807, 2.05) is 31.2 Å². The monoisotopic (exact) mass is 371 g/mol. The van der Waals surface area contributed by atoms with Crippen molar-refractivity contribution in [2.24, 2.45) is 0 Å². The minimum atomic E-state index is -0.122. The molecule has 0 radical (unpaired) electrons. The third-order valence-electron chi connectivity index (χ3n) is 3.46. The Hall–Kier alpha value is -2.54. The Balaban J connectivity index is 1.69. The Labute approximate surface area is 141 Å². The van der Waals surface area contributed by atoms with E-state index in [2.05, 4.69) is 36.8 Å². The molecule has 0 aliphatic rings. The van der Waals surface area contributed by atoms with Crippen molar-refractivity contribution in [1.29, 1.82) is 0 Å². The predicted molar refractivity (Wildman–Crippen MR) is 89.2 cm³/mol. The molecule has 0 aliphatic heterocycles. The first-order valence-corrected chi connectivity index (χ1v) is 7.82. The van der Waals surface area contributed by atoms with E-state index in [0.717, 1.165) is 15.7 Å². The molecule has 2 aromatic carbocycles. The van der Waals surface area contributed by atoms with Gasteiger partial charge < -0.3 is 5.32 Å². The number of amides is 1. The first-order valence-electron chi connectivity index (χ1n) is 7.03. The summed E-state index contributed by atoms with van der Waals surface area (Å²) >= 11 is 3.40. The standard InChI is InChI=1S/C16H14BrN5O/c1-11(12-2-6-14(17)7-3-12)19-16(23)13-4-8-15(9-5-13)22-10-18-20-21-22/h2-11H,1H3,(H,19,23). The van der Waals surface area contributed by atoms with Crippen LogP contribution < -0.4 is 5.32 Å². The molecule has 0 bridgehead atoms. The summed E-state index contributed by atoms with van der Waals surface area (Å²) in [5.41, 5.74) is 2.44. The molecule has 0 fully saturated rings. The van der Waals surface area contributed by atoms with Crippen LogP contribution in [0.25, 0.3) is 5.69 Å². The van der Waals surface area contributed by atoms with Crippen molar-refractivity contribution in [3.8, 4) is 5.69 Å². The number of carbonyl (C=O) groups is 1. The van der Waals surface area contributed by atoms with Crippen LogP contribution in [0.1, 0.15) is 28.9 Å². The predicted octanol–water partition coefficient (Wildman–Crippen LogP) is 2.92. The normalized spacial score (nSPS) is 11.9. The van der Waals surface area contributed by atoms with Crippen molar-refractivity contribution in [3.05, 3.63) is 70.5 Å². The molecule has 0 aliphatic carbocycles. The Morgan fingerprint density at radius 2 is 1.83 bits per heavy atom. The van der Waals surface area contributed by atoms with Crippen LogP contribution in [0, 0.1) is 0 Å². The van der Waals surface area contributed by atoms with E-state index in [1.54, 1.807) is 24.3 Å². The van der Waals surface area contributed by atoms with Crippen LogP contribution in [0.15, 0.2) is 59.3 Å². The van der Waals surface area contributed by atoms with Crippen LogP contribution in [0.3, 0.4) is 0 Å². The Bertz CT molecular complexity index is 784. The van der Waals surface area contributed by atoms with Crippen LogP contribution in [-0.2, 0) is 0 Å². The zero-order chi connectivity index (χ0) is 16.2. The number of rotatable bonds is 4. The van der Waals surface area contributed by atoms with Crippen LogP contribution in [0.2, 0.25) is 0 Å². The molecule has 6 nitrogen and oxygen atoms in total. The smallest absolute Gasteiger partial charge is 0.251 e. The van der Waals surface area contributed by atoms with Gasteiger partial charge in [0.2, 0.25) is 0 Å². The Morgan fingerprint density at radius 1 is 1.13 bits per heavy atom. The fraction of sp³-hybridized carbons (Fsp3) is 0.125. The van der Waals surface area contributed by atoms with Crippen LogP contribution in [-0.4, -0.2) is 26.1 Å². The highest BCUT2D eigenvalue weighted by molar-refractivity contribution is 9.10. The number of carbonyl (C=O) groups excluding carboxylic acids is 1. The van der Waals surface area contributed by atoms with Gasteiger partial charge in [-0.25, -0.2) is 4.68 Å². The minimum Gasteiger partial charge on any atom is -0.346 e. The topological polar surface area (TPSA) is 72.7 Å². The molecule has 7 heteroatoms. The second-order valence-corrected chi connectivity index (χ2v) is 5.96. The van der Waals surface area contributed by atoms with Gasteiger partial charge in [-0.15, -0.1) is 5.10 Å². The summed E-state index contributed by atoms with van der Waals surface area (Å²) in [5, 5.41) is 14.0. The molecule has 23 heavy (non-hydrogen) atoms. The lowest BCUT2D eigenvalue weighted by atomic mass is 10.1. The number of aromatic nitrogens is 4. The fourth-order valence-electron chi connectivity index (χ4n) is 2.16. The first kappa shape index (κ1) is 15.4. The van der Waals surface area contributed by atoms with Crippen LogP contribution in [0.5, 0.6) is 0 Å². The summed E-state index contributed by atoms with van der Waals surface area (Å²) in [4.78, 5) is 12.3. The third kappa shape index (κ3) is 3.62. The van der Waals surface area contributed by atoms with Gasteiger partial charge in [-0.1, -0.05) is 28.1 Å². The second-order valence-electron chi connectivity index (χ2n) is 5.05. The lowest BCUT2D eigenvalue weighted by molar-refractivity contribution is 0.0940. The van der Waals surface area contributed by atoms with Crippen molar-refractivity contribution >= 4 is 21.8 Å². The Kier molecular flexibility index (Phi) is 4.47. The number of nitrogens with zero attached hydrogens (tertiary/aromatic N) is 4. The average molecular weight is 372 g/mol. The van der Waals surface area contributed by atoms with E-state index < -0.39 is 0 Å². The molecule has 0 saturated carbocycles. The molecule has 3 aromatic rings. The third-order valence-corrected chi connectivity index (χ3v) is 3.99. The van der Waals surface area contributed by atoms with E-state index in [9.17, 15) is 4.79 Å². The molecule has 1 unspecified atom stereocenters. The maximum Gasteiger partial charge on any atom is 0.251 e. The van der Waals surface area contributed by atoms with Gasteiger partial charge in [0.15, 0.2) is 0 Å². The highest BCUT2D eigenvalue weighted by Crippen LogP contribution is 2.17. The second kappa shape index (κ2) is 6.70. The molecule has 1 atom stereocenters. The number of halogens is 1. The molecular formula is C16H14BrN5O. The van der Waals surface area contributed by atoms with Gasteiger partial charge in [-0.2, -0.15) is 0 Å². The minimum absolute atomic E-state index is 0.0743. The van der Waals surface area contributed by atoms with Gasteiger partial charge in [-0.3, -0.25) is 4.79 Å². The lowest BCUT2D eigenvalue weighted by Crippen LogP contribution is -2.26. The summed E-state index contributed by atoms with van der Waals surface area (Å²) in [6, 6.07) is 14.9. The van der Waals surface area contributed by atoms with Crippen molar-refractivity contribution in [2.45, 2.75) is 13.0 Å². The Morgan fingerprint density at radius 3 is 2.43 bits per heavy atom. The van der Waals surface area contributed by atoms with Gasteiger partial charge in [-0.05, 0) is 59.3 Å². The largest absolute Gasteiger partial charge is 0.346 e. The van der Waals surface area contributed by atoms with Crippen LogP contribution >= 0.6 is 15.9 Å². The van der Waals surface area contributed by atoms with E-state index in [4.69, 9.17) is 0 Å². The van der Waals surface area contributed by atoms with Gasteiger partial charge in [0, 0.05) is 10.0 Å². The van der Waals surface area contributed by atoms with Crippen molar-refractivity contribution in [1.82, 2.24) is 25.5 Å². The average Bonchev–Trinajstić information content (AvgIpc) is 3.10. The molecule has 116 valence electrons. The molecule has 1 amide bonds.